The fraction of sp³-hybridized carbons (Fsp3) is 0.933. The lowest BCUT2D eigenvalue weighted by molar-refractivity contribution is -0.516. The Morgan fingerprint density at radius 3 is 2.06 bits per heavy atom. The number of nitrogens with zero attached hydrogens (tertiary/aromatic N) is 1. The van der Waals surface area contributed by atoms with Gasteiger partial charge in [-0.2, -0.15) is 0 Å². The second-order valence-corrected chi connectivity index (χ2v) is 5.19. The molecule has 0 amide bonds. The molecule has 0 aromatic heterocycles. The Labute approximate surface area is 102 Å². The first-order valence-electron chi connectivity index (χ1n) is 7.51. The molecule has 1 aliphatic heterocycles. The van der Waals surface area contributed by atoms with E-state index in [0.717, 1.165) is 0 Å². The minimum absolute atomic E-state index is 1.32. The van der Waals surface area contributed by atoms with Crippen molar-refractivity contribution in [2.45, 2.75) is 77.6 Å². The first-order chi connectivity index (χ1) is 7.93. The minimum atomic E-state index is 1.32. The molecule has 0 bridgehead atoms. The molecule has 0 N–H and O–H groups in total. The third-order valence-electron chi connectivity index (χ3n) is 3.59. The summed E-state index contributed by atoms with van der Waals surface area (Å²) in [4.78, 5) is 0. The zero-order valence-corrected chi connectivity index (χ0v) is 11.2. The van der Waals surface area contributed by atoms with Gasteiger partial charge in [-0.3, -0.25) is 0 Å². The lowest BCUT2D eigenvalue weighted by Crippen LogP contribution is -2.09. The number of unbranched alkanes of at least 4 members (excludes halogenated alkanes) is 8. The van der Waals surface area contributed by atoms with Gasteiger partial charge >= 0.3 is 0 Å². The van der Waals surface area contributed by atoms with Crippen molar-refractivity contribution in [1.82, 2.24) is 0 Å². The van der Waals surface area contributed by atoms with Crippen LogP contribution in [0.25, 0.3) is 0 Å². The fourth-order valence-electron chi connectivity index (χ4n) is 2.49. The highest BCUT2D eigenvalue weighted by molar-refractivity contribution is 5.52. The summed E-state index contributed by atoms with van der Waals surface area (Å²) in [6, 6.07) is 0. The summed E-state index contributed by atoms with van der Waals surface area (Å²) in [6.45, 7) is 4.92. The molecule has 0 saturated carbocycles. The van der Waals surface area contributed by atoms with Crippen LogP contribution in [0.2, 0.25) is 0 Å². The van der Waals surface area contributed by atoms with Crippen LogP contribution in [0.5, 0.6) is 0 Å². The monoisotopic (exact) mass is 224 g/mol. The van der Waals surface area contributed by atoms with E-state index in [1.54, 1.807) is 0 Å². The Balaban J connectivity index is 1.74. The molecule has 0 aromatic carbocycles. The van der Waals surface area contributed by atoms with Crippen molar-refractivity contribution in [3.8, 4) is 0 Å². The van der Waals surface area contributed by atoms with E-state index in [9.17, 15) is 0 Å². The summed E-state index contributed by atoms with van der Waals surface area (Å²) in [7, 11) is 0. The molecule has 0 spiro atoms. The van der Waals surface area contributed by atoms with Crippen LogP contribution in [0.4, 0.5) is 0 Å². The van der Waals surface area contributed by atoms with Crippen LogP contribution >= 0.6 is 0 Å². The zero-order chi connectivity index (χ0) is 11.5. The molecular weight excluding hydrogens is 194 g/mol. The van der Waals surface area contributed by atoms with Gasteiger partial charge in [-0.1, -0.05) is 51.9 Å². The second kappa shape index (κ2) is 9.86. The molecular formula is C15H30N+. The SMILES string of the molecule is CCCCCCCCCCC[N+]1=CCCC1. The highest BCUT2D eigenvalue weighted by Gasteiger charge is 2.09. The molecule has 0 atom stereocenters. The molecule has 0 fully saturated rings. The molecule has 0 aliphatic carbocycles. The van der Waals surface area contributed by atoms with E-state index in [4.69, 9.17) is 0 Å². The normalized spacial score (nSPS) is 15.4. The van der Waals surface area contributed by atoms with Gasteiger partial charge in [0.05, 0.1) is 0 Å². The van der Waals surface area contributed by atoms with Crippen molar-refractivity contribution in [3.05, 3.63) is 0 Å². The molecule has 1 heteroatoms. The maximum atomic E-state index is 2.52. The standard InChI is InChI=1S/C15H30N/c1-2-3-4-5-6-7-8-9-10-13-16-14-11-12-15-16/h14H,2-13,15H2,1H3/q+1. The van der Waals surface area contributed by atoms with Crippen LogP contribution < -0.4 is 0 Å². The molecule has 1 aliphatic rings. The fourth-order valence-corrected chi connectivity index (χ4v) is 2.49. The van der Waals surface area contributed by atoms with E-state index < -0.39 is 0 Å². The maximum Gasteiger partial charge on any atom is 0.143 e. The Morgan fingerprint density at radius 1 is 0.875 bits per heavy atom. The van der Waals surface area contributed by atoms with Crippen molar-refractivity contribution in [3.63, 3.8) is 0 Å². The first-order valence-corrected chi connectivity index (χ1v) is 7.51. The van der Waals surface area contributed by atoms with Gasteiger partial charge in [0.25, 0.3) is 0 Å². The summed E-state index contributed by atoms with van der Waals surface area (Å²) in [5, 5.41) is 0. The predicted octanol–water partition coefficient (Wildman–Crippen LogP) is 4.39. The average Bonchev–Trinajstić information content (AvgIpc) is 2.80. The lowest BCUT2D eigenvalue weighted by atomic mass is 10.1. The predicted molar refractivity (Wildman–Crippen MR) is 72.5 cm³/mol. The smallest absolute Gasteiger partial charge is 0.143 e. The Kier molecular flexibility index (Phi) is 8.47. The summed E-state index contributed by atoms with van der Waals surface area (Å²) in [5.74, 6) is 0. The van der Waals surface area contributed by atoms with Crippen molar-refractivity contribution in [2.24, 2.45) is 0 Å². The Morgan fingerprint density at radius 2 is 1.50 bits per heavy atom. The average molecular weight is 224 g/mol. The van der Waals surface area contributed by atoms with Gasteiger partial charge in [0.15, 0.2) is 0 Å². The third-order valence-corrected chi connectivity index (χ3v) is 3.59. The van der Waals surface area contributed by atoms with Crippen LogP contribution in [-0.4, -0.2) is 23.9 Å². The second-order valence-electron chi connectivity index (χ2n) is 5.19. The van der Waals surface area contributed by atoms with Crippen molar-refractivity contribution in [1.29, 1.82) is 0 Å². The number of hydrogen-bond donors (Lipinski definition) is 0. The topological polar surface area (TPSA) is 3.01 Å². The van der Waals surface area contributed by atoms with E-state index >= 15 is 0 Å². The van der Waals surface area contributed by atoms with Gasteiger partial charge in [0, 0.05) is 19.3 Å². The van der Waals surface area contributed by atoms with Gasteiger partial charge in [0.2, 0.25) is 0 Å². The van der Waals surface area contributed by atoms with Gasteiger partial charge in [0.1, 0.15) is 19.3 Å². The van der Waals surface area contributed by atoms with Crippen LogP contribution in [0.15, 0.2) is 0 Å². The highest BCUT2D eigenvalue weighted by atomic mass is 15.0. The molecule has 16 heavy (non-hydrogen) atoms. The van der Waals surface area contributed by atoms with Crippen molar-refractivity contribution >= 4 is 6.21 Å². The third kappa shape index (κ3) is 7.03. The molecule has 0 unspecified atom stereocenters. The summed E-state index contributed by atoms with van der Waals surface area (Å²) >= 11 is 0. The quantitative estimate of drug-likeness (QED) is 0.382. The molecule has 1 nitrogen and oxygen atoms in total. The molecule has 0 radical (unpaired) electrons. The number of rotatable bonds is 10. The van der Waals surface area contributed by atoms with E-state index in [-0.39, 0.29) is 0 Å². The molecule has 0 aromatic rings. The number of hydrogen-bond acceptors (Lipinski definition) is 0. The first kappa shape index (κ1) is 13.7. The van der Waals surface area contributed by atoms with Crippen LogP contribution in [0.3, 0.4) is 0 Å². The van der Waals surface area contributed by atoms with Crippen molar-refractivity contribution in [2.75, 3.05) is 13.1 Å². The van der Waals surface area contributed by atoms with Crippen LogP contribution in [0, 0.1) is 0 Å². The van der Waals surface area contributed by atoms with Crippen LogP contribution in [0.1, 0.15) is 77.6 Å². The minimum Gasteiger partial charge on any atom is -0.240 e. The van der Waals surface area contributed by atoms with Gasteiger partial charge in [-0.05, 0) is 6.42 Å². The Bertz CT molecular complexity index is 184. The van der Waals surface area contributed by atoms with Crippen LogP contribution in [-0.2, 0) is 0 Å². The van der Waals surface area contributed by atoms with Crippen molar-refractivity contribution < 1.29 is 4.58 Å². The van der Waals surface area contributed by atoms with E-state index in [2.05, 4.69) is 17.7 Å². The largest absolute Gasteiger partial charge is 0.240 e. The summed E-state index contributed by atoms with van der Waals surface area (Å²) in [6.07, 6.45) is 18.1. The molecule has 0 saturated heterocycles. The zero-order valence-electron chi connectivity index (χ0n) is 11.2. The van der Waals surface area contributed by atoms with Gasteiger partial charge in [-0.25, -0.2) is 4.58 Å². The Hall–Kier alpha value is -0.330. The molecule has 1 heterocycles. The molecule has 94 valence electrons. The molecule has 1 rings (SSSR count). The summed E-state index contributed by atoms with van der Waals surface area (Å²) < 4.78 is 2.52. The van der Waals surface area contributed by atoms with Gasteiger partial charge in [-0.15, -0.1) is 0 Å². The highest BCUT2D eigenvalue weighted by Crippen LogP contribution is 2.09. The lowest BCUT2D eigenvalue weighted by Gasteiger charge is -2.01. The van der Waals surface area contributed by atoms with Gasteiger partial charge < -0.3 is 0 Å². The van der Waals surface area contributed by atoms with E-state index in [1.807, 2.05) is 0 Å². The summed E-state index contributed by atoms with van der Waals surface area (Å²) in [5.41, 5.74) is 0. The van der Waals surface area contributed by atoms with E-state index in [0.29, 0.717) is 0 Å². The van der Waals surface area contributed by atoms with E-state index in [1.165, 1.54) is 83.7 Å². The maximum absolute atomic E-state index is 2.52.